The lowest BCUT2D eigenvalue weighted by molar-refractivity contribution is 0.0474. The fourth-order valence-electron chi connectivity index (χ4n) is 2.17. The highest BCUT2D eigenvalue weighted by Crippen LogP contribution is 2.19. The van der Waals surface area contributed by atoms with E-state index in [2.05, 4.69) is 20.9 Å². The van der Waals surface area contributed by atoms with E-state index in [-0.39, 0.29) is 30.5 Å². The van der Waals surface area contributed by atoms with E-state index in [9.17, 15) is 13.2 Å². The molecular formula is C18H34IN5O4S2. The summed E-state index contributed by atoms with van der Waals surface area (Å²) in [6, 6.07) is 3.30. The van der Waals surface area contributed by atoms with Crippen LogP contribution in [0.25, 0.3) is 0 Å². The largest absolute Gasteiger partial charge is 0.444 e. The minimum absolute atomic E-state index is 0. The summed E-state index contributed by atoms with van der Waals surface area (Å²) in [6.07, 6.45) is -0.493. The van der Waals surface area contributed by atoms with Crippen LogP contribution in [0.4, 0.5) is 4.79 Å². The molecule has 0 aliphatic carbocycles. The van der Waals surface area contributed by atoms with Crippen molar-refractivity contribution < 1.29 is 17.9 Å². The third-order valence-corrected chi connectivity index (χ3v) is 6.87. The van der Waals surface area contributed by atoms with Crippen LogP contribution in [-0.2, 0) is 14.8 Å². The molecule has 0 saturated heterocycles. The van der Waals surface area contributed by atoms with Crippen molar-refractivity contribution in [2.45, 2.75) is 50.0 Å². The van der Waals surface area contributed by atoms with Crippen LogP contribution in [0.2, 0.25) is 0 Å². The number of alkyl carbamates (subject to hydrolysis) is 1. The van der Waals surface area contributed by atoms with Gasteiger partial charge in [0.1, 0.15) is 9.81 Å². The van der Waals surface area contributed by atoms with Crippen molar-refractivity contribution in [3.05, 3.63) is 17.5 Å². The smallest absolute Gasteiger partial charge is 0.408 e. The van der Waals surface area contributed by atoms with E-state index >= 15 is 0 Å². The molecular weight excluding hydrogens is 541 g/mol. The lowest BCUT2D eigenvalue weighted by Crippen LogP contribution is -2.54. The second kappa shape index (κ2) is 12.1. The summed E-state index contributed by atoms with van der Waals surface area (Å²) in [4.78, 5) is 16.1. The van der Waals surface area contributed by atoms with Crippen LogP contribution in [0.5, 0.6) is 0 Å². The van der Waals surface area contributed by atoms with Crippen molar-refractivity contribution in [1.82, 2.24) is 20.3 Å². The zero-order valence-electron chi connectivity index (χ0n) is 18.6. The molecule has 0 radical (unpaired) electrons. The van der Waals surface area contributed by atoms with Gasteiger partial charge >= 0.3 is 6.09 Å². The van der Waals surface area contributed by atoms with E-state index in [0.29, 0.717) is 23.3 Å². The van der Waals surface area contributed by atoms with Crippen molar-refractivity contribution in [2.75, 3.05) is 33.7 Å². The molecule has 30 heavy (non-hydrogen) atoms. The molecule has 0 bridgehead atoms. The van der Waals surface area contributed by atoms with Gasteiger partial charge in [-0.05, 0) is 46.1 Å². The first-order valence-electron chi connectivity index (χ1n) is 9.22. The van der Waals surface area contributed by atoms with Crippen molar-refractivity contribution in [3.63, 3.8) is 0 Å². The van der Waals surface area contributed by atoms with Crippen LogP contribution in [0.1, 0.15) is 34.6 Å². The normalized spacial score (nSPS) is 12.9. The molecule has 0 atom stereocenters. The van der Waals surface area contributed by atoms with Crippen molar-refractivity contribution in [2.24, 2.45) is 4.99 Å². The number of ether oxygens (including phenoxy) is 1. The Kier molecular flexibility index (Phi) is 11.6. The van der Waals surface area contributed by atoms with Gasteiger partial charge in [-0.3, -0.25) is 4.99 Å². The minimum Gasteiger partial charge on any atom is -0.444 e. The van der Waals surface area contributed by atoms with Gasteiger partial charge < -0.3 is 20.7 Å². The molecule has 3 N–H and O–H groups in total. The first-order chi connectivity index (χ1) is 13.3. The monoisotopic (exact) mass is 575 g/mol. The SMILES string of the molecule is CN=C(NCCN(C)S(=O)(=O)c1cccs1)NCC(C)(C)NC(=O)OC(C)(C)C.I. The number of amides is 1. The van der Waals surface area contributed by atoms with Crippen LogP contribution >= 0.6 is 35.3 Å². The van der Waals surface area contributed by atoms with E-state index in [1.165, 1.54) is 15.6 Å². The van der Waals surface area contributed by atoms with E-state index in [4.69, 9.17) is 4.74 Å². The topological polar surface area (TPSA) is 112 Å². The van der Waals surface area contributed by atoms with Gasteiger partial charge in [-0.25, -0.2) is 13.2 Å². The summed E-state index contributed by atoms with van der Waals surface area (Å²) in [5.74, 6) is 0.506. The van der Waals surface area contributed by atoms with Gasteiger partial charge in [0.15, 0.2) is 5.96 Å². The van der Waals surface area contributed by atoms with Crippen LogP contribution in [0.3, 0.4) is 0 Å². The van der Waals surface area contributed by atoms with Crippen LogP contribution in [-0.4, -0.2) is 69.6 Å². The molecule has 1 aromatic heterocycles. The fraction of sp³-hybridized carbons (Fsp3) is 0.667. The Morgan fingerprint density at radius 3 is 2.37 bits per heavy atom. The molecule has 0 spiro atoms. The van der Waals surface area contributed by atoms with Crippen molar-refractivity contribution in [3.8, 4) is 0 Å². The zero-order chi connectivity index (χ0) is 22.3. The maximum absolute atomic E-state index is 12.4. The molecule has 174 valence electrons. The molecule has 0 saturated carbocycles. The van der Waals surface area contributed by atoms with Gasteiger partial charge in [-0.15, -0.1) is 35.3 Å². The van der Waals surface area contributed by atoms with Gasteiger partial charge in [0.25, 0.3) is 10.0 Å². The highest BCUT2D eigenvalue weighted by molar-refractivity contribution is 14.0. The van der Waals surface area contributed by atoms with Gasteiger partial charge in [0, 0.05) is 33.7 Å². The molecule has 0 aromatic carbocycles. The van der Waals surface area contributed by atoms with Gasteiger partial charge in [-0.1, -0.05) is 6.07 Å². The molecule has 1 amide bonds. The third kappa shape index (κ3) is 10.3. The molecule has 1 aromatic rings. The summed E-state index contributed by atoms with van der Waals surface area (Å²) in [6.45, 7) is 10.2. The number of nitrogens with one attached hydrogen (secondary N) is 3. The number of rotatable bonds is 8. The second-order valence-corrected chi connectivity index (χ2v) is 11.3. The average Bonchev–Trinajstić information content (AvgIpc) is 3.10. The molecule has 1 rings (SSSR count). The van der Waals surface area contributed by atoms with Gasteiger partial charge in [0.05, 0.1) is 5.54 Å². The maximum atomic E-state index is 12.4. The lowest BCUT2D eigenvalue weighted by atomic mass is 10.1. The third-order valence-electron chi connectivity index (χ3n) is 3.64. The Balaban J connectivity index is 0.00000841. The Bertz CT molecular complexity index is 790. The Hall–Kier alpha value is -1.12. The number of aliphatic imine (C=N–C) groups is 1. The number of hydrogen-bond acceptors (Lipinski definition) is 6. The number of carbonyl (C=O) groups excluding carboxylic acids is 1. The standard InChI is InChI=1S/C18H33N5O4S2.HI/c1-17(2,3)27-16(24)22-18(4,5)13-21-15(19-6)20-10-11-23(7)29(25,26)14-9-8-12-28-14;/h8-9,12H,10-11,13H2,1-7H3,(H,22,24)(H2,19,20,21);1H. The van der Waals surface area contributed by atoms with Crippen molar-refractivity contribution in [1.29, 1.82) is 0 Å². The van der Waals surface area contributed by atoms with E-state index < -0.39 is 27.3 Å². The van der Waals surface area contributed by atoms with Crippen LogP contribution < -0.4 is 16.0 Å². The molecule has 0 unspecified atom stereocenters. The number of halogens is 1. The highest BCUT2D eigenvalue weighted by Gasteiger charge is 2.25. The summed E-state index contributed by atoms with van der Waals surface area (Å²) in [5, 5.41) is 10.7. The van der Waals surface area contributed by atoms with Crippen LogP contribution in [0, 0.1) is 0 Å². The number of carbonyl (C=O) groups is 1. The molecule has 0 aliphatic heterocycles. The highest BCUT2D eigenvalue weighted by atomic mass is 127. The number of thiophene rings is 1. The summed E-state index contributed by atoms with van der Waals surface area (Å²) in [5.41, 5.74) is -1.15. The molecule has 12 heteroatoms. The van der Waals surface area contributed by atoms with Gasteiger partial charge in [-0.2, -0.15) is 4.31 Å². The summed E-state index contributed by atoms with van der Waals surface area (Å²) >= 11 is 1.19. The number of guanidine groups is 1. The summed E-state index contributed by atoms with van der Waals surface area (Å²) in [7, 11) is -0.311. The maximum Gasteiger partial charge on any atom is 0.408 e. The Morgan fingerprint density at radius 2 is 1.87 bits per heavy atom. The second-order valence-electron chi connectivity index (χ2n) is 8.12. The molecule has 0 fully saturated rings. The predicted octanol–water partition coefficient (Wildman–Crippen LogP) is 2.45. The fourth-order valence-corrected chi connectivity index (χ4v) is 4.54. The van der Waals surface area contributed by atoms with Gasteiger partial charge in [0.2, 0.25) is 0 Å². The predicted molar refractivity (Wildman–Crippen MR) is 132 cm³/mol. The lowest BCUT2D eigenvalue weighted by Gasteiger charge is -2.29. The summed E-state index contributed by atoms with van der Waals surface area (Å²) < 4.78 is 31.7. The number of nitrogens with zero attached hydrogens (tertiary/aromatic N) is 2. The number of likely N-dealkylation sites (N-methyl/N-ethyl adjacent to an activating group) is 1. The van der Waals surface area contributed by atoms with E-state index in [1.54, 1.807) is 52.4 Å². The van der Waals surface area contributed by atoms with Crippen LogP contribution in [0.15, 0.2) is 26.7 Å². The van der Waals surface area contributed by atoms with E-state index in [1.807, 2.05) is 13.8 Å². The molecule has 0 aliphatic rings. The molecule has 9 nitrogen and oxygen atoms in total. The first kappa shape index (κ1) is 28.9. The first-order valence-corrected chi connectivity index (χ1v) is 11.5. The van der Waals surface area contributed by atoms with E-state index in [0.717, 1.165) is 0 Å². The minimum atomic E-state index is -3.47. The van der Waals surface area contributed by atoms with Crippen molar-refractivity contribution >= 4 is 57.4 Å². The Morgan fingerprint density at radius 1 is 1.23 bits per heavy atom. The number of sulfonamides is 1. The Labute approximate surface area is 201 Å². The average molecular weight is 576 g/mol. The quantitative estimate of drug-likeness (QED) is 0.250. The number of hydrogen-bond donors (Lipinski definition) is 3. The molecule has 1 heterocycles. The zero-order valence-corrected chi connectivity index (χ0v) is 22.6.